The minimum atomic E-state index is -0.221. The van der Waals surface area contributed by atoms with Crippen molar-refractivity contribution in [2.75, 3.05) is 19.0 Å². The highest BCUT2D eigenvalue weighted by molar-refractivity contribution is 5.92. The molecule has 0 fully saturated rings. The third kappa shape index (κ3) is 2.91. The molecule has 2 heterocycles. The first-order valence-corrected chi connectivity index (χ1v) is 8.28. The van der Waals surface area contributed by atoms with E-state index < -0.39 is 0 Å². The van der Waals surface area contributed by atoms with Crippen molar-refractivity contribution in [3.8, 4) is 11.3 Å². The van der Waals surface area contributed by atoms with E-state index in [0.717, 1.165) is 22.3 Å². The molecule has 0 saturated heterocycles. The van der Waals surface area contributed by atoms with Crippen molar-refractivity contribution in [3.63, 3.8) is 0 Å². The fourth-order valence-electron chi connectivity index (χ4n) is 3.02. The number of ether oxygens (including phenoxy) is 1. The van der Waals surface area contributed by atoms with Gasteiger partial charge >= 0.3 is 0 Å². The van der Waals surface area contributed by atoms with Crippen LogP contribution < -0.4 is 5.32 Å². The summed E-state index contributed by atoms with van der Waals surface area (Å²) in [7, 11) is 1.49. The highest BCUT2D eigenvalue weighted by Gasteiger charge is 2.13. The number of imidazole rings is 1. The topological polar surface area (TPSA) is 68.5 Å². The summed E-state index contributed by atoms with van der Waals surface area (Å²) in [4.78, 5) is 20.9. The van der Waals surface area contributed by atoms with E-state index in [4.69, 9.17) is 4.74 Å². The summed E-state index contributed by atoms with van der Waals surface area (Å²) in [6.45, 7) is 1.85. The zero-order valence-electron chi connectivity index (χ0n) is 14.6. The Hall–Kier alpha value is -3.25. The van der Waals surface area contributed by atoms with E-state index >= 15 is 0 Å². The van der Waals surface area contributed by atoms with Crippen molar-refractivity contribution in [2.45, 2.75) is 6.92 Å². The molecule has 0 radical (unpaired) electrons. The molecule has 0 aliphatic rings. The van der Waals surface area contributed by atoms with Crippen molar-refractivity contribution in [1.29, 1.82) is 0 Å². The predicted octanol–water partition coefficient (Wildman–Crippen LogP) is 3.44. The van der Waals surface area contributed by atoms with E-state index in [2.05, 4.69) is 39.6 Å². The summed E-state index contributed by atoms with van der Waals surface area (Å²) >= 11 is 0. The maximum atomic E-state index is 11.9. The Morgan fingerprint density at radius 3 is 2.81 bits per heavy atom. The Bertz CT molecular complexity index is 1120. The van der Waals surface area contributed by atoms with Crippen LogP contribution in [0.2, 0.25) is 0 Å². The number of amides is 1. The lowest BCUT2D eigenvalue weighted by Crippen LogP contribution is -2.18. The van der Waals surface area contributed by atoms with Crippen molar-refractivity contribution in [3.05, 3.63) is 60.6 Å². The van der Waals surface area contributed by atoms with E-state index in [1.54, 1.807) is 6.20 Å². The lowest BCUT2D eigenvalue weighted by molar-refractivity contribution is -0.119. The molecule has 26 heavy (non-hydrogen) atoms. The van der Waals surface area contributed by atoms with Crippen LogP contribution in [0.15, 0.2) is 54.9 Å². The van der Waals surface area contributed by atoms with Crippen molar-refractivity contribution >= 4 is 28.1 Å². The smallest absolute Gasteiger partial charge is 0.251 e. The number of fused-ring (bicyclic) bond motifs is 2. The zero-order chi connectivity index (χ0) is 18.1. The van der Waals surface area contributed by atoms with Gasteiger partial charge in [0.2, 0.25) is 0 Å². The number of carbonyl (C=O) groups is 1. The fraction of sp³-hybridized carbons (Fsp3) is 0.150. The zero-order valence-corrected chi connectivity index (χ0v) is 14.6. The second-order valence-electron chi connectivity index (χ2n) is 6.09. The number of nitrogens with one attached hydrogen (secondary N) is 1. The second-order valence-corrected chi connectivity index (χ2v) is 6.09. The second kappa shape index (κ2) is 6.57. The average molecular weight is 346 g/mol. The van der Waals surface area contributed by atoms with Crippen LogP contribution in [0.4, 0.5) is 5.82 Å². The molecule has 0 unspecified atom stereocenters. The van der Waals surface area contributed by atoms with E-state index in [-0.39, 0.29) is 12.5 Å². The average Bonchev–Trinajstić information content (AvgIpc) is 2.96. The molecule has 1 amide bonds. The summed E-state index contributed by atoms with van der Waals surface area (Å²) in [5, 5.41) is 5.19. The van der Waals surface area contributed by atoms with Crippen LogP contribution in [-0.4, -0.2) is 34.0 Å². The Morgan fingerprint density at radius 2 is 2.00 bits per heavy atom. The molecule has 4 aromatic rings. The Kier molecular flexibility index (Phi) is 4.10. The molecule has 0 aliphatic carbocycles. The standard InChI is InChI=1S/C20H18N4O2/c1-13-20(23-19(25)12-26-2)24-11-17(21-10-18(24)22-13)16-8-7-14-5-3-4-6-15(14)9-16/h3-11H,12H2,1-2H3,(H,23,25). The van der Waals surface area contributed by atoms with Gasteiger partial charge in [-0.1, -0.05) is 36.4 Å². The minimum Gasteiger partial charge on any atom is -0.375 e. The van der Waals surface area contributed by atoms with Crippen LogP contribution in [0.25, 0.3) is 27.7 Å². The van der Waals surface area contributed by atoms with Crippen LogP contribution >= 0.6 is 0 Å². The van der Waals surface area contributed by atoms with E-state index in [1.807, 2.05) is 35.7 Å². The molecule has 0 atom stereocenters. The van der Waals surface area contributed by atoms with Crippen LogP contribution in [0.5, 0.6) is 0 Å². The first kappa shape index (κ1) is 16.2. The monoisotopic (exact) mass is 346 g/mol. The lowest BCUT2D eigenvalue weighted by atomic mass is 10.1. The van der Waals surface area contributed by atoms with E-state index in [1.165, 1.54) is 12.5 Å². The summed E-state index contributed by atoms with van der Waals surface area (Å²) in [5.41, 5.74) is 3.22. The molecule has 2 aromatic heterocycles. The van der Waals surface area contributed by atoms with Crippen molar-refractivity contribution in [2.24, 2.45) is 0 Å². The number of rotatable bonds is 4. The molecular weight excluding hydrogens is 328 g/mol. The van der Waals surface area contributed by atoms with Crippen molar-refractivity contribution < 1.29 is 9.53 Å². The maximum Gasteiger partial charge on any atom is 0.251 e. The summed E-state index contributed by atoms with van der Waals surface area (Å²) < 4.78 is 6.73. The SMILES string of the molecule is COCC(=O)Nc1c(C)nc2cnc(-c3ccc4ccccc4c3)cn12. The number of benzene rings is 2. The molecule has 6 nitrogen and oxygen atoms in total. The fourth-order valence-corrected chi connectivity index (χ4v) is 3.02. The molecular formula is C20H18N4O2. The first-order valence-electron chi connectivity index (χ1n) is 8.28. The molecule has 2 aromatic carbocycles. The van der Waals surface area contributed by atoms with Crippen LogP contribution in [0.3, 0.4) is 0 Å². The molecule has 130 valence electrons. The molecule has 4 rings (SSSR count). The third-order valence-corrected chi connectivity index (χ3v) is 4.26. The minimum absolute atomic E-state index is 0.00467. The largest absolute Gasteiger partial charge is 0.375 e. The Morgan fingerprint density at radius 1 is 1.19 bits per heavy atom. The number of hydrogen-bond acceptors (Lipinski definition) is 4. The Balaban J connectivity index is 1.79. The number of aromatic nitrogens is 3. The molecule has 0 saturated carbocycles. The predicted molar refractivity (Wildman–Crippen MR) is 101 cm³/mol. The number of carbonyl (C=O) groups excluding carboxylic acids is 1. The summed E-state index contributed by atoms with van der Waals surface area (Å²) in [5.74, 6) is 0.410. The van der Waals surface area contributed by atoms with E-state index in [0.29, 0.717) is 11.5 Å². The van der Waals surface area contributed by atoms with Gasteiger partial charge in [0, 0.05) is 18.9 Å². The third-order valence-electron chi connectivity index (χ3n) is 4.26. The van der Waals surface area contributed by atoms with Gasteiger partial charge in [-0.25, -0.2) is 4.98 Å². The number of nitrogens with zero attached hydrogens (tertiary/aromatic N) is 3. The normalized spacial score (nSPS) is 11.2. The first-order chi connectivity index (χ1) is 12.7. The Labute approximate surface area is 150 Å². The highest BCUT2D eigenvalue weighted by atomic mass is 16.5. The molecule has 0 bridgehead atoms. The van der Waals surface area contributed by atoms with Gasteiger partial charge in [-0.2, -0.15) is 0 Å². The van der Waals surface area contributed by atoms with Gasteiger partial charge in [0.15, 0.2) is 5.65 Å². The van der Waals surface area contributed by atoms with Crippen LogP contribution in [0.1, 0.15) is 5.69 Å². The summed E-state index contributed by atoms with van der Waals surface area (Å²) in [6, 6.07) is 14.4. The number of hydrogen-bond donors (Lipinski definition) is 1. The van der Waals surface area contributed by atoms with Gasteiger partial charge in [0.25, 0.3) is 5.91 Å². The number of methoxy groups -OCH3 is 1. The quantitative estimate of drug-likeness (QED) is 0.614. The van der Waals surface area contributed by atoms with Gasteiger partial charge in [-0.3, -0.25) is 14.2 Å². The van der Waals surface area contributed by atoms with Gasteiger partial charge in [-0.05, 0) is 23.8 Å². The maximum absolute atomic E-state index is 11.9. The molecule has 0 spiro atoms. The molecule has 6 heteroatoms. The molecule has 1 N–H and O–H groups in total. The van der Waals surface area contributed by atoms with Gasteiger partial charge in [0.05, 0.1) is 17.6 Å². The lowest BCUT2D eigenvalue weighted by Gasteiger charge is -2.08. The summed E-state index contributed by atoms with van der Waals surface area (Å²) in [6.07, 6.45) is 3.60. The highest BCUT2D eigenvalue weighted by Crippen LogP contribution is 2.25. The van der Waals surface area contributed by atoms with Crippen LogP contribution in [-0.2, 0) is 9.53 Å². The van der Waals surface area contributed by atoms with Crippen LogP contribution in [0, 0.1) is 6.92 Å². The number of aryl methyl sites for hydroxylation is 1. The van der Waals surface area contributed by atoms with Gasteiger partial charge in [-0.15, -0.1) is 0 Å². The van der Waals surface area contributed by atoms with E-state index in [9.17, 15) is 4.79 Å². The number of anilines is 1. The van der Waals surface area contributed by atoms with Crippen molar-refractivity contribution in [1.82, 2.24) is 14.4 Å². The van der Waals surface area contributed by atoms with Gasteiger partial charge in [0.1, 0.15) is 12.4 Å². The molecule has 0 aliphatic heterocycles. The van der Waals surface area contributed by atoms with Gasteiger partial charge < -0.3 is 10.1 Å².